The van der Waals surface area contributed by atoms with Crippen LogP contribution >= 0.6 is 0 Å². The van der Waals surface area contributed by atoms with Gasteiger partial charge >= 0.3 is 17.9 Å². The molecule has 3 rings (SSSR count). The van der Waals surface area contributed by atoms with Gasteiger partial charge in [0.25, 0.3) is 0 Å². The summed E-state index contributed by atoms with van der Waals surface area (Å²) in [5.41, 5.74) is 8.14. The molecule has 8 nitrogen and oxygen atoms in total. The predicted molar refractivity (Wildman–Crippen MR) is 470 cm³/mol. The first kappa shape index (κ1) is 131. The van der Waals surface area contributed by atoms with Gasteiger partial charge in [0, 0.05) is 20.8 Å². The van der Waals surface area contributed by atoms with E-state index in [0.29, 0.717) is 44.5 Å². The standard InChI is InChI=1S/C11H12O4.C11H14O2.C10H20.2C9H20.C8H18.C7H16.2C6H14.C5H12O.C4H10O.C3H8.5CH4/c1-7-4-8(10(12)14-2)6-9(5-7)11(13)15-3;1-7-5-10(11(12)13-4)6-8(2)9(7)3;1-3-9-5-7-10(4-2)8-6-9;2*1-5-9(6-2,7-3)8-4;1-5-8(4,6-2)7-3;1-5-7(3,4)6-2;2*1-4-6(3)5-2;1-4-5(2)6-3;1-3-4-5-2;1-3-2;;;;;/h4-6H,1-3H3;5-6H,1-4H3;9-10H,3-8H2,1-2H3;2*5-8H2,1-4H3;5-7H2,1-4H3;5-6H2,1-4H3;2*6H,4-5H2,1-3H3;5H,4H2,1-3H3;3-4H2,1-2H3;3H2,1-2H3;5*1H4. The Balaban J connectivity index is -0.0000000700. The van der Waals surface area contributed by atoms with Gasteiger partial charge in [-0.2, -0.15) is 0 Å². The largest absolute Gasteiger partial charge is 0.465 e. The first-order valence-electron chi connectivity index (χ1n) is 40.0. The minimum atomic E-state index is -0.469. The molecule has 0 amide bonds. The smallest absolute Gasteiger partial charge is 0.337 e. The quantitative estimate of drug-likeness (QED) is 0.0679. The second kappa shape index (κ2) is 86.7. The molecule has 8 heteroatoms. The van der Waals surface area contributed by atoms with Crippen LogP contribution in [0.2, 0.25) is 0 Å². The fraction of sp³-hybridized carbons (Fsp3) is 0.840. The van der Waals surface area contributed by atoms with Crippen molar-refractivity contribution in [3.05, 3.63) is 69.3 Å². The van der Waals surface area contributed by atoms with Gasteiger partial charge in [-0.1, -0.05) is 385 Å². The van der Waals surface area contributed by atoms with Crippen LogP contribution in [-0.4, -0.2) is 66.2 Å². The Labute approximate surface area is 648 Å². The van der Waals surface area contributed by atoms with E-state index in [1.807, 2.05) is 32.9 Å². The zero-order valence-corrected chi connectivity index (χ0v) is 73.1. The van der Waals surface area contributed by atoms with Crippen LogP contribution < -0.4 is 0 Å². The highest BCUT2D eigenvalue weighted by molar-refractivity contribution is 5.95. The lowest BCUT2D eigenvalue weighted by atomic mass is 9.78. The van der Waals surface area contributed by atoms with Crippen molar-refractivity contribution >= 4 is 17.9 Å². The van der Waals surface area contributed by atoms with Crippen molar-refractivity contribution in [2.75, 3.05) is 42.2 Å². The van der Waals surface area contributed by atoms with Gasteiger partial charge in [-0.25, -0.2) is 14.4 Å². The zero-order valence-electron chi connectivity index (χ0n) is 73.1. The van der Waals surface area contributed by atoms with Crippen LogP contribution in [0.4, 0.5) is 0 Å². The summed E-state index contributed by atoms with van der Waals surface area (Å²) in [6, 6.07) is 8.46. The van der Waals surface area contributed by atoms with Gasteiger partial charge in [-0.3, -0.25) is 0 Å². The normalized spacial score (nSPS) is 12.5. The third-order valence-corrected chi connectivity index (χ3v) is 22.0. The molecule has 1 aliphatic rings. The van der Waals surface area contributed by atoms with Crippen molar-refractivity contribution < 1.29 is 38.1 Å². The van der Waals surface area contributed by atoms with Crippen LogP contribution in [0, 0.1) is 73.0 Å². The van der Waals surface area contributed by atoms with Crippen molar-refractivity contribution in [1.29, 1.82) is 0 Å². The van der Waals surface area contributed by atoms with Gasteiger partial charge in [-0.05, 0) is 145 Å². The van der Waals surface area contributed by atoms with E-state index in [-0.39, 0.29) is 43.1 Å². The summed E-state index contributed by atoms with van der Waals surface area (Å²) in [6.45, 7) is 74.0. The van der Waals surface area contributed by atoms with E-state index in [1.54, 1.807) is 33.3 Å². The van der Waals surface area contributed by atoms with Gasteiger partial charge in [0.1, 0.15) is 0 Å². The Morgan fingerprint density at radius 3 is 0.755 bits per heavy atom. The molecule has 1 fully saturated rings. The van der Waals surface area contributed by atoms with Gasteiger partial charge in [-0.15, -0.1) is 0 Å². The summed E-state index contributed by atoms with van der Waals surface area (Å²) in [4.78, 5) is 33.7. The van der Waals surface area contributed by atoms with Gasteiger partial charge in [0.15, 0.2) is 0 Å². The number of hydrogen-bond acceptors (Lipinski definition) is 8. The number of esters is 3. The molecule has 0 aromatic heterocycles. The lowest BCUT2D eigenvalue weighted by molar-refractivity contribution is 0.0587. The highest BCUT2D eigenvalue weighted by atomic mass is 16.5. The van der Waals surface area contributed by atoms with E-state index >= 15 is 0 Å². The summed E-state index contributed by atoms with van der Waals surface area (Å²) >= 11 is 0. The molecule has 1 unspecified atom stereocenters. The Kier molecular flexibility index (Phi) is 112. The summed E-state index contributed by atoms with van der Waals surface area (Å²) in [5, 5.41) is 0. The molecule has 0 radical (unpaired) electrons. The molecule has 0 N–H and O–H groups in total. The summed E-state index contributed by atoms with van der Waals surface area (Å²) in [6.07, 6.45) is 35.4. The molecule has 0 heterocycles. The van der Waals surface area contributed by atoms with Crippen LogP contribution in [0.25, 0.3) is 0 Å². The minimum Gasteiger partial charge on any atom is -0.465 e. The van der Waals surface area contributed by atoms with Crippen LogP contribution in [0.3, 0.4) is 0 Å². The number of ether oxygens (including phenoxy) is 5. The number of carbonyl (C=O) groups excluding carboxylic acids is 3. The first-order valence-corrected chi connectivity index (χ1v) is 40.0. The lowest BCUT2D eigenvalue weighted by Crippen LogP contribution is -2.15. The van der Waals surface area contributed by atoms with Crippen molar-refractivity contribution in [3.8, 4) is 0 Å². The van der Waals surface area contributed by atoms with Crippen molar-refractivity contribution in [1.82, 2.24) is 0 Å². The second-order valence-electron chi connectivity index (χ2n) is 28.6. The first-order chi connectivity index (χ1) is 45.5. The van der Waals surface area contributed by atoms with E-state index < -0.39 is 11.9 Å². The van der Waals surface area contributed by atoms with Crippen LogP contribution in [0.1, 0.15) is 458 Å². The Morgan fingerprint density at radius 1 is 0.392 bits per heavy atom. The number of methoxy groups -OCH3 is 5. The van der Waals surface area contributed by atoms with E-state index in [0.717, 1.165) is 59.8 Å². The topological polar surface area (TPSA) is 97.4 Å². The van der Waals surface area contributed by atoms with Crippen LogP contribution in [0.5, 0.6) is 0 Å². The molecule has 0 spiro atoms. The minimum absolute atomic E-state index is 0. The van der Waals surface area contributed by atoms with Gasteiger partial charge < -0.3 is 23.7 Å². The van der Waals surface area contributed by atoms with Gasteiger partial charge in [0.05, 0.1) is 44.1 Å². The molecule has 0 aliphatic heterocycles. The average Bonchev–Trinajstić information content (AvgIpc) is 0.857. The highest BCUT2D eigenvalue weighted by Gasteiger charge is 2.22. The zero-order chi connectivity index (χ0) is 77.8. The van der Waals surface area contributed by atoms with Crippen molar-refractivity contribution in [2.24, 2.45) is 45.3 Å². The van der Waals surface area contributed by atoms with Crippen LogP contribution in [-0.2, 0) is 23.7 Å². The molecule has 0 saturated heterocycles. The van der Waals surface area contributed by atoms with Crippen LogP contribution in [0.15, 0.2) is 30.3 Å². The van der Waals surface area contributed by atoms with E-state index in [2.05, 4.69) is 215 Å². The predicted octanol–water partition coefficient (Wildman–Crippen LogP) is 32.8. The van der Waals surface area contributed by atoms with Crippen molar-refractivity contribution in [3.63, 3.8) is 0 Å². The summed E-state index contributed by atoms with van der Waals surface area (Å²) in [5.74, 6) is 2.81. The number of benzene rings is 2. The van der Waals surface area contributed by atoms with Gasteiger partial charge in [0.2, 0.25) is 0 Å². The highest BCUT2D eigenvalue weighted by Crippen LogP contribution is 2.35. The number of rotatable bonds is 26. The average molecular weight is 1460 g/mol. The van der Waals surface area contributed by atoms with Crippen molar-refractivity contribution in [2.45, 2.75) is 439 Å². The fourth-order valence-electron chi connectivity index (χ4n) is 9.52. The molecular weight excluding hydrogens is 1260 g/mol. The molecule has 1 atom stereocenters. The number of hydrogen-bond donors (Lipinski definition) is 0. The molecular formula is C94H198O8. The second-order valence-corrected chi connectivity index (χ2v) is 28.6. The molecule has 1 aliphatic carbocycles. The summed E-state index contributed by atoms with van der Waals surface area (Å²) < 4.78 is 23.4. The molecule has 1 saturated carbocycles. The monoisotopic (exact) mass is 1460 g/mol. The fourth-order valence-corrected chi connectivity index (χ4v) is 9.52. The van der Waals surface area contributed by atoms with E-state index in [9.17, 15) is 14.4 Å². The molecule has 622 valence electrons. The van der Waals surface area contributed by atoms with E-state index in [4.69, 9.17) is 9.47 Å². The molecule has 2 aromatic rings. The number of carbonyl (C=O) groups is 3. The molecule has 0 bridgehead atoms. The maximum atomic E-state index is 11.3. The third kappa shape index (κ3) is 73.7. The Morgan fingerprint density at radius 2 is 0.647 bits per heavy atom. The SMILES string of the molecule is C.C.C.C.C.CCC.CCC(C)(C)CC.CCC(C)(CC)CC.CCC(C)CC.CCC(C)CC.CCC(C)OC.CCC(CC)(CC)CC.CCC(CC)(CC)CC.CCC1CCC(CC)CC1.CCCOC.COC(=O)c1cc(C)c(C)c(C)c1.COC(=O)c1cc(C)cc(C(=O)OC)c1. The number of aryl methyl sites for hydroxylation is 3. The Bertz CT molecular complexity index is 1810. The summed E-state index contributed by atoms with van der Waals surface area (Å²) in [7, 11) is 7.43. The third-order valence-electron chi connectivity index (χ3n) is 22.0. The van der Waals surface area contributed by atoms with E-state index in [1.165, 1.54) is 187 Å². The molecule has 102 heavy (non-hydrogen) atoms. The molecule has 2 aromatic carbocycles. The lowest BCUT2D eigenvalue weighted by Gasteiger charge is -2.28. The maximum Gasteiger partial charge on any atom is 0.337 e. The maximum absolute atomic E-state index is 11.3. The Hall–Kier alpha value is -3.23.